The van der Waals surface area contributed by atoms with Crippen LogP contribution >= 0.6 is 11.8 Å². The van der Waals surface area contributed by atoms with E-state index in [0.29, 0.717) is 6.42 Å². The number of carboxylic acid groups (broad SMARTS) is 1. The molecule has 1 heterocycles. The molecule has 0 bridgehead atoms. The average molecular weight is 239 g/mol. The first kappa shape index (κ1) is 13.0. The summed E-state index contributed by atoms with van der Waals surface area (Å²) in [7, 11) is 0. The van der Waals surface area contributed by atoms with E-state index in [1.165, 1.54) is 0 Å². The molecule has 0 fully saturated rings. The molecule has 88 valence electrons. The fourth-order valence-electron chi connectivity index (χ4n) is 1.23. The van der Waals surface area contributed by atoms with E-state index in [1.54, 1.807) is 31.8 Å². The van der Waals surface area contributed by atoms with Crippen LogP contribution in [0.4, 0.5) is 0 Å². The lowest BCUT2D eigenvalue weighted by atomic mass is 9.88. The average Bonchev–Trinajstić information content (AvgIpc) is 2.26. The van der Waals surface area contributed by atoms with E-state index >= 15 is 0 Å². The summed E-state index contributed by atoms with van der Waals surface area (Å²) in [5, 5.41) is 9.93. The molecule has 0 aliphatic heterocycles. The predicted molar refractivity (Wildman–Crippen MR) is 65.6 cm³/mol. The van der Waals surface area contributed by atoms with Crippen molar-refractivity contribution in [1.29, 1.82) is 0 Å². The van der Waals surface area contributed by atoms with E-state index in [1.807, 2.05) is 18.2 Å². The zero-order valence-corrected chi connectivity index (χ0v) is 10.5. The Balaban J connectivity index is 2.25. The van der Waals surface area contributed by atoms with Gasteiger partial charge in [0.05, 0.1) is 10.4 Å². The standard InChI is InChI=1S/C12H17NO2S/c1-12(2,11(14)15)7-5-9-16-10-6-3-4-8-13-10/h3-4,6,8H,5,7,9H2,1-2H3,(H,14,15). The van der Waals surface area contributed by atoms with E-state index < -0.39 is 11.4 Å². The first-order valence-corrected chi connectivity index (χ1v) is 6.28. The van der Waals surface area contributed by atoms with Crippen molar-refractivity contribution >= 4 is 17.7 Å². The fourth-order valence-corrected chi connectivity index (χ4v) is 2.04. The maximum atomic E-state index is 10.9. The van der Waals surface area contributed by atoms with Crippen LogP contribution in [-0.4, -0.2) is 21.8 Å². The van der Waals surface area contributed by atoms with Gasteiger partial charge < -0.3 is 5.11 Å². The number of aromatic nitrogens is 1. The smallest absolute Gasteiger partial charge is 0.309 e. The van der Waals surface area contributed by atoms with Gasteiger partial charge in [0.1, 0.15) is 0 Å². The molecule has 0 unspecified atom stereocenters. The minimum atomic E-state index is -0.727. The predicted octanol–water partition coefficient (Wildman–Crippen LogP) is 3.06. The minimum Gasteiger partial charge on any atom is -0.481 e. The molecule has 16 heavy (non-hydrogen) atoms. The Hall–Kier alpha value is -1.03. The summed E-state index contributed by atoms with van der Waals surface area (Å²) in [6.07, 6.45) is 3.35. The molecule has 0 atom stereocenters. The molecule has 1 aromatic rings. The number of hydrogen-bond acceptors (Lipinski definition) is 3. The van der Waals surface area contributed by atoms with E-state index in [4.69, 9.17) is 5.11 Å². The first-order valence-electron chi connectivity index (χ1n) is 5.29. The van der Waals surface area contributed by atoms with Crippen molar-refractivity contribution in [2.24, 2.45) is 5.41 Å². The van der Waals surface area contributed by atoms with Gasteiger partial charge in [0, 0.05) is 6.20 Å². The second-order valence-electron chi connectivity index (χ2n) is 4.31. The molecule has 0 amide bonds. The molecule has 4 heteroatoms. The number of nitrogens with zero attached hydrogens (tertiary/aromatic N) is 1. The number of rotatable bonds is 6. The molecular formula is C12H17NO2S. The lowest BCUT2D eigenvalue weighted by Crippen LogP contribution is -2.23. The van der Waals surface area contributed by atoms with Gasteiger partial charge in [-0.2, -0.15) is 0 Å². The Bertz CT molecular complexity index is 338. The van der Waals surface area contributed by atoms with Gasteiger partial charge in [0.15, 0.2) is 0 Å². The van der Waals surface area contributed by atoms with Gasteiger partial charge in [0.2, 0.25) is 0 Å². The van der Waals surface area contributed by atoms with Crippen LogP contribution in [0.5, 0.6) is 0 Å². The maximum Gasteiger partial charge on any atom is 0.309 e. The zero-order chi connectivity index (χ0) is 12.0. The Kier molecular flexibility index (Phi) is 4.80. The molecular weight excluding hydrogens is 222 g/mol. The number of pyridine rings is 1. The van der Waals surface area contributed by atoms with Gasteiger partial charge in [-0.1, -0.05) is 6.07 Å². The molecule has 3 nitrogen and oxygen atoms in total. The Morgan fingerprint density at radius 1 is 1.50 bits per heavy atom. The van der Waals surface area contributed by atoms with Crippen LogP contribution in [-0.2, 0) is 4.79 Å². The molecule has 0 spiro atoms. The van der Waals surface area contributed by atoms with Gasteiger partial charge in [-0.25, -0.2) is 4.98 Å². The van der Waals surface area contributed by atoms with Gasteiger partial charge in [-0.3, -0.25) is 4.79 Å². The van der Waals surface area contributed by atoms with Crippen molar-refractivity contribution in [3.8, 4) is 0 Å². The third-order valence-corrected chi connectivity index (χ3v) is 3.44. The first-order chi connectivity index (χ1) is 7.52. The molecule has 0 aliphatic rings. The van der Waals surface area contributed by atoms with Gasteiger partial charge >= 0.3 is 5.97 Å². The number of hydrogen-bond donors (Lipinski definition) is 1. The van der Waals surface area contributed by atoms with Crippen molar-refractivity contribution in [1.82, 2.24) is 4.98 Å². The number of carbonyl (C=O) groups is 1. The van der Waals surface area contributed by atoms with Crippen LogP contribution in [0, 0.1) is 5.41 Å². The van der Waals surface area contributed by atoms with Gasteiger partial charge in [-0.15, -0.1) is 11.8 Å². The van der Waals surface area contributed by atoms with Crippen molar-refractivity contribution in [2.45, 2.75) is 31.7 Å². The summed E-state index contributed by atoms with van der Waals surface area (Å²) in [5.74, 6) is 0.184. The monoisotopic (exact) mass is 239 g/mol. The van der Waals surface area contributed by atoms with Crippen LogP contribution in [0.25, 0.3) is 0 Å². The lowest BCUT2D eigenvalue weighted by Gasteiger charge is -2.18. The summed E-state index contributed by atoms with van der Waals surface area (Å²) in [5.41, 5.74) is -0.620. The van der Waals surface area contributed by atoms with E-state index in [0.717, 1.165) is 17.2 Å². The Morgan fingerprint density at radius 2 is 2.25 bits per heavy atom. The topological polar surface area (TPSA) is 50.2 Å². The summed E-state index contributed by atoms with van der Waals surface area (Å²) < 4.78 is 0. The molecule has 0 saturated heterocycles. The number of carboxylic acids is 1. The molecule has 0 aromatic carbocycles. The van der Waals surface area contributed by atoms with Crippen LogP contribution in [0.2, 0.25) is 0 Å². The van der Waals surface area contributed by atoms with E-state index in [2.05, 4.69) is 4.98 Å². The molecule has 0 aliphatic carbocycles. The van der Waals surface area contributed by atoms with Gasteiger partial charge in [0.25, 0.3) is 0 Å². The largest absolute Gasteiger partial charge is 0.481 e. The molecule has 1 aromatic heterocycles. The molecule has 0 radical (unpaired) electrons. The fraction of sp³-hybridized carbons (Fsp3) is 0.500. The van der Waals surface area contributed by atoms with Crippen molar-refractivity contribution in [3.63, 3.8) is 0 Å². The van der Waals surface area contributed by atoms with E-state index in [-0.39, 0.29) is 0 Å². The van der Waals surface area contributed by atoms with Crippen LogP contribution in [0.15, 0.2) is 29.4 Å². The number of thioether (sulfide) groups is 1. The van der Waals surface area contributed by atoms with Crippen LogP contribution < -0.4 is 0 Å². The summed E-state index contributed by atoms with van der Waals surface area (Å²) in [6.45, 7) is 3.53. The molecule has 0 saturated carbocycles. The third-order valence-electron chi connectivity index (χ3n) is 2.41. The Labute approximate surface area is 100 Å². The SMILES string of the molecule is CC(C)(CCCSc1ccccn1)C(=O)O. The summed E-state index contributed by atoms with van der Waals surface area (Å²) in [4.78, 5) is 15.1. The summed E-state index contributed by atoms with van der Waals surface area (Å²) in [6, 6.07) is 5.81. The highest BCUT2D eigenvalue weighted by Gasteiger charge is 2.25. The van der Waals surface area contributed by atoms with Crippen LogP contribution in [0.3, 0.4) is 0 Å². The van der Waals surface area contributed by atoms with E-state index in [9.17, 15) is 4.79 Å². The highest BCUT2D eigenvalue weighted by atomic mass is 32.2. The highest BCUT2D eigenvalue weighted by Crippen LogP contribution is 2.25. The molecule has 1 rings (SSSR count). The maximum absolute atomic E-state index is 10.9. The second kappa shape index (κ2) is 5.89. The third kappa shape index (κ3) is 4.23. The highest BCUT2D eigenvalue weighted by molar-refractivity contribution is 7.99. The second-order valence-corrected chi connectivity index (χ2v) is 5.42. The minimum absolute atomic E-state index is 0.620. The quantitative estimate of drug-likeness (QED) is 0.612. The zero-order valence-electron chi connectivity index (χ0n) is 9.64. The summed E-state index contributed by atoms with van der Waals surface area (Å²) >= 11 is 1.67. The van der Waals surface area contributed by atoms with Crippen LogP contribution in [0.1, 0.15) is 26.7 Å². The Morgan fingerprint density at radius 3 is 2.81 bits per heavy atom. The lowest BCUT2D eigenvalue weighted by molar-refractivity contribution is -0.147. The van der Waals surface area contributed by atoms with Crippen molar-refractivity contribution < 1.29 is 9.90 Å². The molecule has 1 N–H and O–H groups in total. The number of aliphatic carboxylic acids is 1. The van der Waals surface area contributed by atoms with Crippen molar-refractivity contribution in [2.75, 3.05) is 5.75 Å². The van der Waals surface area contributed by atoms with Crippen molar-refractivity contribution in [3.05, 3.63) is 24.4 Å². The van der Waals surface area contributed by atoms with Gasteiger partial charge in [-0.05, 0) is 44.6 Å². The normalized spacial score (nSPS) is 11.4.